The van der Waals surface area contributed by atoms with Crippen LogP contribution in [-0.4, -0.2) is 24.3 Å². The molecule has 174 valence electrons. The number of benzene rings is 2. The lowest BCUT2D eigenvalue weighted by Crippen LogP contribution is -2.13. The first kappa shape index (κ1) is 22.5. The molecule has 0 unspecified atom stereocenters. The fraction of sp³-hybridized carbons (Fsp3) is 0.240. The summed E-state index contributed by atoms with van der Waals surface area (Å²) in [5.74, 6) is 1.10. The summed E-state index contributed by atoms with van der Waals surface area (Å²) in [6.45, 7) is 5.79. The minimum atomic E-state index is -3.69. The van der Waals surface area contributed by atoms with Crippen LogP contribution < -0.4 is 10.0 Å². The van der Waals surface area contributed by atoms with Gasteiger partial charge in [0.05, 0.1) is 15.5 Å². The monoisotopic (exact) mass is 492 g/mol. The highest BCUT2D eigenvalue weighted by Gasteiger charge is 2.28. The number of carbonyl (C=O) groups excluding carboxylic acids is 1. The summed E-state index contributed by atoms with van der Waals surface area (Å²) >= 11 is 1.38. The Morgan fingerprint density at radius 2 is 1.59 bits per heavy atom. The Morgan fingerprint density at radius 3 is 2.24 bits per heavy atom. The van der Waals surface area contributed by atoms with Crippen molar-refractivity contribution in [3.8, 4) is 0 Å². The van der Waals surface area contributed by atoms with Crippen molar-refractivity contribution in [3.05, 3.63) is 76.1 Å². The lowest BCUT2D eigenvalue weighted by atomic mass is 10.1. The summed E-state index contributed by atoms with van der Waals surface area (Å²) in [7, 11) is -3.69. The molecule has 5 rings (SSSR count). The predicted octanol–water partition coefficient (Wildman–Crippen LogP) is 5.55. The molecule has 0 radical (unpaired) electrons. The van der Waals surface area contributed by atoms with Crippen molar-refractivity contribution in [1.82, 2.24) is 9.97 Å². The third-order valence-corrected chi connectivity index (χ3v) is 8.45. The van der Waals surface area contributed by atoms with E-state index in [1.54, 1.807) is 48.5 Å². The van der Waals surface area contributed by atoms with Crippen LogP contribution in [0, 0.1) is 20.8 Å². The van der Waals surface area contributed by atoms with Crippen LogP contribution in [0.15, 0.2) is 53.4 Å². The first-order valence-corrected chi connectivity index (χ1v) is 13.3. The zero-order valence-electron chi connectivity index (χ0n) is 19.0. The number of aryl methyl sites for hydroxylation is 3. The second-order valence-corrected chi connectivity index (χ2v) is 11.3. The van der Waals surface area contributed by atoms with Gasteiger partial charge >= 0.3 is 0 Å². The van der Waals surface area contributed by atoms with Crippen molar-refractivity contribution in [3.63, 3.8) is 0 Å². The lowest BCUT2D eigenvalue weighted by Gasteiger charge is -2.10. The molecule has 1 fully saturated rings. The zero-order valence-corrected chi connectivity index (χ0v) is 20.7. The summed E-state index contributed by atoms with van der Waals surface area (Å²) in [6.07, 6.45) is 2.25. The number of anilines is 2. The van der Waals surface area contributed by atoms with Crippen LogP contribution in [0.5, 0.6) is 0 Å². The summed E-state index contributed by atoms with van der Waals surface area (Å²) in [4.78, 5) is 24.0. The van der Waals surface area contributed by atoms with Crippen LogP contribution in [0.25, 0.3) is 10.2 Å². The quantitative estimate of drug-likeness (QED) is 0.368. The summed E-state index contributed by atoms with van der Waals surface area (Å²) in [5, 5.41) is 3.85. The second kappa shape index (κ2) is 8.48. The molecule has 0 aliphatic heterocycles. The maximum Gasteiger partial charge on any atom is 0.266 e. The molecule has 1 amide bonds. The van der Waals surface area contributed by atoms with Gasteiger partial charge in [0.15, 0.2) is 0 Å². The average molecular weight is 493 g/mol. The molecule has 0 bridgehead atoms. The molecule has 1 aliphatic rings. The predicted molar refractivity (Wildman–Crippen MR) is 135 cm³/mol. The molecule has 1 aliphatic carbocycles. The van der Waals surface area contributed by atoms with E-state index >= 15 is 0 Å². The number of nitrogens with one attached hydrogen (secondary N) is 2. The molecule has 0 spiro atoms. The van der Waals surface area contributed by atoms with Crippen molar-refractivity contribution in [2.24, 2.45) is 0 Å². The number of hydrogen-bond donors (Lipinski definition) is 2. The fourth-order valence-corrected chi connectivity index (χ4v) is 6.03. The van der Waals surface area contributed by atoms with E-state index in [-0.39, 0.29) is 10.8 Å². The molecular weight excluding hydrogens is 468 g/mol. The first-order chi connectivity index (χ1) is 16.2. The number of amides is 1. The molecule has 0 atom stereocenters. The minimum Gasteiger partial charge on any atom is -0.321 e. The summed E-state index contributed by atoms with van der Waals surface area (Å²) in [5.41, 5.74) is 3.75. The third kappa shape index (κ3) is 4.41. The number of aromatic nitrogens is 2. The summed E-state index contributed by atoms with van der Waals surface area (Å²) in [6, 6.07) is 13.2. The van der Waals surface area contributed by atoms with Crippen LogP contribution in [0.1, 0.15) is 51.1 Å². The highest BCUT2D eigenvalue weighted by Crippen LogP contribution is 2.40. The van der Waals surface area contributed by atoms with Gasteiger partial charge in [0.2, 0.25) is 0 Å². The Kier molecular flexibility index (Phi) is 5.61. The third-order valence-electron chi connectivity index (χ3n) is 5.86. The van der Waals surface area contributed by atoms with Gasteiger partial charge in [-0.3, -0.25) is 9.52 Å². The van der Waals surface area contributed by atoms with Gasteiger partial charge in [0, 0.05) is 22.7 Å². The number of fused-ring (bicyclic) bond motifs is 1. The van der Waals surface area contributed by atoms with Crippen molar-refractivity contribution in [2.45, 2.75) is 44.4 Å². The Bertz CT molecular complexity index is 1500. The van der Waals surface area contributed by atoms with Crippen LogP contribution >= 0.6 is 11.3 Å². The highest BCUT2D eigenvalue weighted by molar-refractivity contribution is 7.92. The smallest absolute Gasteiger partial charge is 0.266 e. The maximum atomic E-state index is 13.0. The van der Waals surface area contributed by atoms with Crippen LogP contribution in [-0.2, 0) is 10.0 Å². The van der Waals surface area contributed by atoms with E-state index in [0.717, 1.165) is 45.7 Å². The van der Waals surface area contributed by atoms with Gasteiger partial charge in [-0.05, 0) is 75.6 Å². The maximum absolute atomic E-state index is 13.0. The molecule has 2 aromatic heterocycles. The number of nitrogens with zero attached hydrogens (tertiary/aromatic N) is 2. The fourth-order valence-electron chi connectivity index (χ4n) is 3.84. The number of carbonyl (C=O) groups is 1. The SMILES string of the molecule is Cc1ccc(S(=O)(=O)Nc2ccc(NC(=O)c3sc4nc(C5CC5)nc(C)c4c3C)cc2)cc1. The zero-order chi connectivity index (χ0) is 24.0. The van der Waals surface area contributed by atoms with Crippen LogP contribution in [0.4, 0.5) is 11.4 Å². The molecule has 2 heterocycles. The van der Waals surface area contributed by atoms with Gasteiger partial charge < -0.3 is 5.32 Å². The van der Waals surface area contributed by atoms with Gasteiger partial charge in [-0.25, -0.2) is 18.4 Å². The molecule has 0 saturated heterocycles. The molecule has 34 heavy (non-hydrogen) atoms. The molecule has 9 heteroatoms. The van der Waals surface area contributed by atoms with Crippen LogP contribution in [0.2, 0.25) is 0 Å². The van der Waals surface area contributed by atoms with Gasteiger partial charge in [-0.2, -0.15) is 0 Å². The van der Waals surface area contributed by atoms with E-state index in [0.29, 0.717) is 22.2 Å². The Hall–Kier alpha value is -3.30. The largest absolute Gasteiger partial charge is 0.321 e. The van der Waals surface area contributed by atoms with Crippen molar-refractivity contribution in [2.75, 3.05) is 10.0 Å². The number of rotatable bonds is 6. The first-order valence-electron chi connectivity index (χ1n) is 11.0. The number of hydrogen-bond acceptors (Lipinski definition) is 6. The Balaban J connectivity index is 1.32. The molecule has 2 aromatic carbocycles. The molecule has 1 saturated carbocycles. The minimum absolute atomic E-state index is 0.193. The standard InChI is InChI=1S/C25H24N4O3S2/c1-14-4-12-20(13-5-14)34(31,32)29-19-10-8-18(9-11-19)27-24(30)22-15(2)21-16(3)26-23(17-6-7-17)28-25(21)33-22/h4-5,8-13,17,29H,6-7H2,1-3H3,(H,27,30). The number of thiophene rings is 1. The van der Waals surface area contributed by atoms with E-state index in [2.05, 4.69) is 15.0 Å². The average Bonchev–Trinajstić information content (AvgIpc) is 3.58. The molecule has 2 N–H and O–H groups in total. The van der Waals surface area contributed by atoms with E-state index in [4.69, 9.17) is 4.98 Å². The normalized spacial score (nSPS) is 13.7. The van der Waals surface area contributed by atoms with E-state index in [1.165, 1.54) is 11.3 Å². The van der Waals surface area contributed by atoms with E-state index in [1.807, 2.05) is 20.8 Å². The number of sulfonamides is 1. The van der Waals surface area contributed by atoms with Crippen LogP contribution in [0.3, 0.4) is 0 Å². The van der Waals surface area contributed by atoms with Crippen molar-refractivity contribution >= 4 is 48.9 Å². The summed E-state index contributed by atoms with van der Waals surface area (Å²) < 4.78 is 27.7. The van der Waals surface area contributed by atoms with Gasteiger partial charge in [-0.15, -0.1) is 11.3 Å². The molecule has 4 aromatic rings. The molecular formula is C25H24N4O3S2. The Labute approximate surface area is 202 Å². The van der Waals surface area contributed by atoms with Crippen molar-refractivity contribution < 1.29 is 13.2 Å². The topological polar surface area (TPSA) is 101 Å². The second-order valence-electron chi connectivity index (χ2n) is 8.63. The highest BCUT2D eigenvalue weighted by atomic mass is 32.2. The lowest BCUT2D eigenvalue weighted by molar-refractivity contribution is 0.103. The van der Waals surface area contributed by atoms with E-state index in [9.17, 15) is 13.2 Å². The van der Waals surface area contributed by atoms with Gasteiger partial charge in [-0.1, -0.05) is 17.7 Å². The van der Waals surface area contributed by atoms with E-state index < -0.39 is 10.0 Å². The van der Waals surface area contributed by atoms with Gasteiger partial charge in [0.1, 0.15) is 10.7 Å². The molecule has 7 nitrogen and oxygen atoms in total. The van der Waals surface area contributed by atoms with Gasteiger partial charge in [0.25, 0.3) is 15.9 Å². The van der Waals surface area contributed by atoms with Crippen molar-refractivity contribution in [1.29, 1.82) is 0 Å². The Morgan fingerprint density at radius 1 is 0.941 bits per heavy atom.